The minimum atomic E-state index is -0.921. The maximum atomic E-state index is 11.8. The van der Waals surface area contributed by atoms with E-state index in [9.17, 15) is 9.59 Å². The molecule has 1 amide bonds. The van der Waals surface area contributed by atoms with Crippen LogP contribution in [0.2, 0.25) is 0 Å². The molecule has 0 aromatic heterocycles. The fourth-order valence-corrected chi connectivity index (χ4v) is 1.85. The van der Waals surface area contributed by atoms with Crippen LogP contribution in [0.4, 0.5) is 0 Å². The van der Waals surface area contributed by atoms with Crippen molar-refractivity contribution in [3.8, 4) is 0 Å². The number of aliphatic carboxylic acids is 1. The van der Waals surface area contributed by atoms with Gasteiger partial charge < -0.3 is 10.4 Å². The summed E-state index contributed by atoms with van der Waals surface area (Å²) in [6, 6.07) is 7.71. The molecule has 1 rings (SSSR count). The maximum absolute atomic E-state index is 11.8. The molecule has 0 saturated carbocycles. The van der Waals surface area contributed by atoms with Gasteiger partial charge in [-0.2, -0.15) is 0 Å². The van der Waals surface area contributed by atoms with Gasteiger partial charge in [-0.1, -0.05) is 29.8 Å². The minimum Gasteiger partial charge on any atom is -0.481 e. The number of amides is 1. The first-order valence-corrected chi connectivity index (χ1v) is 5.87. The van der Waals surface area contributed by atoms with Gasteiger partial charge in [0.25, 0.3) is 0 Å². The molecule has 0 fully saturated rings. The SMILES string of the molecule is Cc1cccc(CC(=O)NC(C)(C)CC(=O)O)c1. The van der Waals surface area contributed by atoms with E-state index in [0.29, 0.717) is 0 Å². The number of rotatable bonds is 5. The average Bonchev–Trinajstić information content (AvgIpc) is 2.13. The van der Waals surface area contributed by atoms with Crippen LogP contribution in [0.15, 0.2) is 24.3 Å². The Kier molecular flexibility index (Phi) is 4.48. The van der Waals surface area contributed by atoms with E-state index >= 15 is 0 Å². The summed E-state index contributed by atoms with van der Waals surface area (Å²) in [5.41, 5.74) is 1.30. The van der Waals surface area contributed by atoms with Gasteiger partial charge in [0.15, 0.2) is 0 Å². The first-order valence-electron chi connectivity index (χ1n) is 5.87. The van der Waals surface area contributed by atoms with Crippen molar-refractivity contribution >= 4 is 11.9 Å². The minimum absolute atomic E-state index is 0.0907. The van der Waals surface area contributed by atoms with Crippen LogP contribution in [0.1, 0.15) is 31.4 Å². The van der Waals surface area contributed by atoms with Crippen LogP contribution in [0.3, 0.4) is 0 Å². The number of benzene rings is 1. The zero-order chi connectivity index (χ0) is 13.8. The highest BCUT2D eigenvalue weighted by molar-refractivity contribution is 5.80. The fraction of sp³-hybridized carbons (Fsp3) is 0.429. The molecule has 0 aliphatic heterocycles. The highest BCUT2D eigenvalue weighted by atomic mass is 16.4. The van der Waals surface area contributed by atoms with E-state index in [0.717, 1.165) is 11.1 Å². The third-order valence-corrected chi connectivity index (χ3v) is 2.52. The Morgan fingerprint density at radius 2 is 2.00 bits per heavy atom. The zero-order valence-electron chi connectivity index (χ0n) is 11.0. The highest BCUT2D eigenvalue weighted by Crippen LogP contribution is 2.10. The van der Waals surface area contributed by atoms with E-state index in [4.69, 9.17) is 5.11 Å². The quantitative estimate of drug-likeness (QED) is 0.837. The van der Waals surface area contributed by atoms with Crippen molar-refractivity contribution in [1.82, 2.24) is 5.32 Å². The topological polar surface area (TPSA) is 66.4 Å². The summed E-state index contributed by atoms with van der Waals surface area (Å²) in [6.07, 6.45) is 0.178. The number of carboxylic acid groups (broad SMARTS) is 1. The second-order valence-corrected chi connectivity index (χ2v) is 5.17. The normalized spacial score (nSPS) is 11.1. The molecule has 0 bridgehead atoms. The van der Waals surface area contributed by atoms with Gasteiger partial charge in [0.2, 0.25) is 5.91 Å². The molecular formula is C14H19NO3. The largest absolute Gasteiger partial charge is 0.481 e. The number of hydrogen-bond acceptors (Lipinski definition) is 2. The van der Waals surface area contributed by atoms with Crippen molar-refractivity contribution < 1.29 is 14.7 Å². The molecule has 0 aliphatic rings. The van der Waals surface area contributed by atoms with Gasteiger partial charge in [0.1, 0.15) is 0 Å². The number of carbonyl (C=O) groups is 2. The Hall–Kier alpha value is -1.84. The van der Waals surface area contributed by atoms with E-state index in [1.165, 1.54) is 0 Å². The summed E-state index contributed by atoms with van der Waals surface area (Å²) < 4.78 is 0. The first kappa shape index (κ1) is 14.2. The molecular weight excluding hydrogens is 230 g/mol. The average molecular weight is 249 g/mol. The molecule has 4 nitrogen and oxygen atoms in total. The molecule has 98 valence electrons. The Labute approximate surface area is 107 Å². The lowest BCUT2D eigenvalue weighted by molar-refractivity contribution is -0.138. The summed E-state index contributed by atoms with van der Waals surface area (Å²) >= 11 is 0. The van der Waals surface area contributed by atoms with Crippen LogP contribution < -0.4 is 5.32 Å². The lowest BCUT2D eigenvalue weighted by Gasteiger charge is -2.24. The Bertz CT molecular complexity index is 452. The first-order chi connectivity index (χ1) is 8.28. The lowest BCUT2D eigenvalue weighted by atomic mass is 10.00. The second-order valence-electron chi connectivity index (χ2n) is 5.17. The summed E-state index contributed by atoms with van der Waals surface area (Å²) in [5.74, 6) is -1.08. The molecule has 0 heterocycles. The lowest BCUT2D eigenvalue weighted by Crippen LogP contribution is -2.45. The van der Waals surface area contributed by atoms with Crippen molar-refractivity contribution in [2.75, 3.05) is 0 Å². The number of hydrogen-bond donors (Lipinski definition) is 2. The maximum Gasteiger partial charge on any atom is 0.305 e. The number of carbonyl (C=O) groups excluding carboxylic acids is 1. The van der Waals surface area contributed by atoms with Gasteiger partial charge >= 0.3 is 5.97 Å². The van der Waals surface area contributed by atoms with Crippen LogP contribution in [-0.2, 0) is 16.0 Å². The van der Waals surface area contributed by atoms with Crippen molar-refractivity contribution in [1.29, 1.82) is 0 Å². The molecule has 0 atom stereocenters. The zero-order valence-corrected chi connectivity index (χ0v) is 11.0. The van der Waals surface area contributed by atoms with Crippen molar-refractivity contribution in [3.05, 3.63) is 35.4 Å². The van der Waals surface area contributed by atoms with Gasteiger partial charge in [-0.25, -0.2) is 0 Å². The highest BCUT2D eigenvalue weighted by Gasteiger charge is 2.23. The molecule has 1 aromatic rings. The van der Waals surface area contributed by atoms with E-state index in [1.807, 2.05) is 31.2 Å². The molecule has 0 unspecified atom stereocenters. The van der Waals surface area contributed by atoms with Crippen molar-refractivity contribution in [2.45, 2.75) is 39.2 Å². The van der Waals surface area contributed by atoms with Crippen LogP contribution in [0.25, 0.3) is 0 Å². The Balaban J connectivity index is 2.59. The third kappa shape index (κ3) is 4.99. The van der Waals surface area contributed by atoms with Gasteiger partial charge in [-0.15, -0.1) is 0 Å². The van der Waals surface area contributed by atoms with Crippen LogP contribution in [-0.4, -0.2) is 22.5 Å². The van der Waals surface area contributed by atoms with E-state index in [1.54, 1.807) is 13.8 Å². The molecule has 0 saturated heterocycles. The second kappa shape index (κ2) is 5.67. The standard InChI is InChI=1S/C14H19NO3/c1-10-5-4-6-11(7-10)8-12(16)15-14(2,3)9-13(17)18/h4-7H,8-9H2,1-3H3,(H,15,16)(H,17,18). The monoisotopic (exact) mass is 249 g/mol. The van der Waals surface area contributed by atoms with Gasteiger partial charge in [0.05, 0.1) is 12.8 Å². The molecule has 0 radical (unpaired) electrons. The van der Waals surface area contributed by atoms with Gasteiger partial charge in [-0.05, 0) is 26.3 Å². The predicted molar refractivity (Wildman–Crippen MR) is 69.4 cm³/mol. The fourth-order valence-electron chi connectivity index (χ4n) is 1.85. The Morgan fingerprint density at radius 3 is 2.56 bits per heavy atom. The van der Waals surface area contributed by atoms with Gasteiger partial charge in [0, 0.05) is 5.54 Å². The van der Waals surface area contributed by atoms with Crippen LogP contribution in [0, 0.1) is 6.92 Å². The molecule has 1 aromatic carbocycles. The Morgan fingerprint density at radius 1 is 1.33 bits per heavy atom. The van der Waals surface area contributed by atoms with E-state index in [2.05, 4.69) is 5.32 Å². The number of carboxylic acids is 1. The van der Waals surface area contributed by atoms with Crippen LogP contribution in [0.5, 0.6) is 0 Å². The van der Waals surface area contributed by atoms with E-state index in [-0.39, 0.29) is 18.7 Å². The number of nitrogens with one attached hydrogen (secondary N) is 1. The molecule has 0 aliphatic carbocycles. The molecule has 2 N–H and O–H groups in total. The smallest absolute Gasteiger partial charge is 0.305 e. The van der Waals surface area contributed by atoms with Crippen molar-refractivity contribution in [2.24, 2.45) is 0 Å². The summed E-state index contributed by atoms with van der Waals surface area (Å²) in [7, 11) is 0. The number of aryl methyl sites for hydroxylation is 1. The van der Waals surface area contributed by atoms with E-state index < -0.39 is 11.5 Å². The van der Waals surface area contributed by atoms with Gasteiger partial charge in [-0.3, -0.25) is 9.59 Å². The summed E-state index contributed by atoms with van der Waals surface area (Å²) in [5, 5.41) is 11.5. The summed E-state index contributed by atoms with van der Waals surface area (Å²) in [4.78, 5) is 22.5. The summed E-state index contributed by atoms with van der Waals surface area (Å²) in [6.45, 7) is 5.38. The predicted octanol–water partition coefficient (Wildman–Crippen LogP) is 1.91. The van der Waals surface area contributed by atoms with Crippen LogP contribution >= 0.6 is 0 Å². The third-order valence-electron chi connectivity index (χ3n) is 2.52. The van der Waals surface area contributed by atoms with Crippen molar-refractivity contribution in [3.63, 3.8) is 0 Å². The molecule has 0 spiro atoms. The molecule has 4 heteroatoms. The molecule has 18 heavy (non-hydrogen) atoms.